The average molecular weight is 525 g/mol. The summed E-state index contributed by atoms with van der Waals surface area (Å²) in [5.74, 6) is -1.47. The number of carboxylic acids is 1. The Morgan fingerprint density at radius 1 is 0.784 bits per heavy atom. The number of hydrogen-bond donors (Lipinski definition) is 3. The molecule has 4 aliphatic rings. The van der Waals surface area contributed by atoms with Crippen LogP contribution in [0.5, 0.6) is 0 Å². The van der Waals surface area contributed by atoms with E-state index >= 15 is 0 Å². The fourth-order valence-corrected chi connectivity index (χ4v) is 7.13. The molecule has 2 aliphatic heterocycles. The van der Waals surface area contributed by atoms with E-state index in [0.717, 1.165) is 32.1 Å². The van der Waals surface area contributed by atoms with Crippen molar-refractivity contribution in [2.75, 3.05) is 26.4 Å². The summed E-state index contributed by atoms with van der Waals surface area (Å²) in [6, 6.07) is -0.119. The zero-order valence-electron chi connectivity index (χ0n) is 23.2. The summed E-state index contributed by atoms with van der Waals surface area (Å²) >= 11 is 0. The van der Waals surface area contributed by atoms with Crippen LogP contribution in [0.4, 0.5) is 0 Å². The Morgan fingerprint density at radius 3 is 1.81 bits per heavy atom. The number of rotatable bonds is 9. The predicted octanol–water partition coefficient (Wildman–Crippen LogP) is 3.58. The van der Waals surface area contributed by atoms with Crippen molar-refractivity contribution in [1.82, 2.24) is 5.32 Å². The van der Waals surface area contributed by atoms with Crippen molar-refractivity contribution in [2.24, 2.45) is 28.4 Å². The number of amides is 1. The lowest BCUT2D eigenvalue weighted by molar-refractivity contribution is -0.213. The highest BCUT2D eigenvalue weighted by Gasteiger charge is 2.54. The van der Waals surface area contributed by atoms with E-state index in [1.165, 1.54) is 0 Å². The van der Waals surface area contributed by atoms with Crippen LogP contribution in [0.3, 0.4) is 0 Å². The van der Waals surface area contributed by atoms with Gasteiger partial charge in [-0.05, 0) is 48.3 Å². The Morgan fingerprint density at radius 2 is 1.27 bits per heavy atom. The van der Waals surface area contributed by atoms with Gasteiger partial charge in [0.05, 0.1) is 26.4 Å². The van der Waals surface area contributed by atoms with Gasteiger partial charge in [-0.15, -0.1) is 0 Å². The number of carbonyl (C=O) groups is 2. The number of hydrogen-bond acceptors (Lipinski definition) is 7. The zero-order chi connectivity index (χ0) is 26.9. The Hall–Kier alpha value is -1.26. The van der Waals surface area contributed by atoms with Gasteiger partial charge in [0.2, 0.25) is 5.91 Å². The third-order valence-corrected chi connectivity index (χ3v) is 9.98. The zero-order valence-corrected chi connectivity index (χ0v) is 23.2. The highest BCUT2D eigenvalue weighted by Crippen LogP contribution is 2.51. The first kappa shape index (κ1) is 28.7. The Kier molecular flexibility index (Phi) is 8.61. The van der Waals surface area contributed by atoms with Crippen LogP contribution in [0.2, 0.25) is 0 Å². The molecule has 4 N–H and O–H groups in total. The lowest BCUT2D eigenvalue weighted by Gasteiger charge is -2.51. The lowest BCUT2D eigenvalue weighted by atomic mass is 9.62. The minimum absolute atomic E-state index is 0.0122. The summed E-state index contributed by atoms with van der Waals surface area (Å²) < 4.78 is 24.1. The SMILES string of the molecule is CC1(C)[C@H](CCCC(=O)N[C@@H]2CC3(C[C@@H](CCCC(=O)O)C2(C)C)OCCO3)CC2(C[C@H]1N)OCCO2. The van der Waals surface area contributed by atoms with Crippen molar-refractivity contribution in [1.29, 1.82) is 0 Å². The molecule has 0 bridgehead atoms. The number of nitrogens with two attached hydrogens (primary N) is 1. The standard InChI is InChI=1S/C28H48N2O7/c1-25(2)19(15-27(17-21(25)29)34-11-12-35-27)7-5-9-23(31)30-22-18-28(36-13-14-37-28)16-20(26(22,3)4)8-6-10-24(32)33/h19-22H,5-18,29H2,1-4H3,(H,30,31)(H,32,33)/t19-,20-,21-,22-/m1/s1. The van der Waals surface area contributed by atoms with Gasteiger partial charge in [0.1, 0.15) is 0 Å². The molecular weight excluding hydrogens is 476 g/mol. The fraction of sp³-hybridized carbons (Fsp3) is 0.929. The van der Waals surface area contributed by atoms with Gasteiger partial charge in [0, 0.05) is 50.6 Å². The van der Waals surface area contributed by atoms with Gasteiger partial charge in [-0.3, -0.25) is 9.59 Å². The molecular formula is C28H48N2O7. The van der Waals surface area contributed by atoms with Crippen LogP contribution in [0.25, 0.3) is 0 Å². The van der Waals surface area contributed by atoms with Gasteiger partial charge < -0.3 is 35.1 Å². The van der Waals surface area contributed by atoms with Crippen LogP contribution >= 0.6 is 0 Å². The molecule has 0 aromatic rings. The summed E-state index contributed by atoms with van der Waals surface area (Å²) in [4.78, 5) is 24.3. The monoisotopic (exact) mass is 524 g/mol. The quantitative estimate of drug-likeness (QED) is 0.417. The molecule has 0 radical (unpaired) electrons. The lowest BCUT2D eigenvalue weighted by Crippen LogP contribution is -2.58. The predicted molar refractivity (Wildman–Crippen MR) is 138 cm³/mol. The van der Waals surface area contributed by atoms with E-state index in [1.807, 2.05) is 0 Å². The molecule has 2 saturated carbocycles. The molecule has 4 rings (SSSR count). The molecule has 4 fully saturated rings. The molecule has 9 heteroatoms. The molecule has 4 atom stereocenters. The summed E-state index contributed by atoms with van der Waals surface area (Å²) in [6.07, 6.45) is 6.52. The van der Waals surface area contributed by atoms with E-state index in [0.29, 0.717) is 58.0 Å². The first-order chi connectivity index (χ1) is 17.4. The van der Waals surface area contributed by atoms with Gasteiger partial charge in [0.25, 0.3) is 0 Å². The highest BCUT2D eigenvalue weighted by atomic mass is 16.7. The minimum atomic E-state index is -0.777. The van der Waals surface area contributed by atoms with E-state index in [1.54, 1.807) is 0 Å². The number of ether oxygens (including phenoxy) is 4. The highest BCUT2D eigenvalue weighted by molar-refractivity contribution is 5.76. The maximum Gasteiger partial charge on any atom is 0.303 e. The van der Waals surface area contributed by atoms with Crippen LogP contribution in [0, 0.1) is 22.7 Å². The second-order valence-electron chi connectivity index (χ2n) is 13.0. The van der Waals surface area contributed by atoms with Crippen LogP contribution in [0.1, 0.15) is 91.9 Å². The van der Waals surface area contributed by atoms with E-state index in [-0.39, 0.29) is 41.2 Å². The summed E-state index contributed by atoms with van der Waals surface area (Å²) in [7, 11) is 0. The number of nitrogens with one attached hydrogen (secondary N) is 1. The molecule has 2 saturated heterocycles. The molecule has 2 spiro atoms. The minimum Gasteiger partial charge on any atom is -0.481 e. The molecule has 37 heavy (non-hydrogen) atoms. The third-order valence-electron chi connectivity index (χ3n) is 9.98. The van der Waals surface area contributed by atoms with Crippen molar-refractivity contribution in [3.8, 4) is 0 Å². The van der Waals surface area contributed by atoms with Gasteiger partial charge >= 0.3 is 5.97 Å². The van der Waals surface area contributed by atoms with Gasteiger partial charge in [-0.1, -0.05) is 27.7 Å². The normalized spacial score (nSPS) is 33.5. The van der Waals surface area contributed by atoms with Crippen LogP contribution in [-0.2, 0) is 28.5 Å². The number of aliphatic carboxylic acids is 1. The number of carbonyl (C=O) groups excluding carboxylic acids is 1. The van der Waals surface area contributed by atoms with Crippen LogP contribution < -0.4 is 11.1 Å². The molecule has 0 aromatic heterocycles. The third kappa shape index (κ3) is 6.32. The van der Waals surface area contributed by atoms with Gasteiger partial charge in [0.15, 0.2) is 11.6 Å². The topological polar surface area (TPSA) is 129 Å². The van der Waals surface area contributed by atoms with Crippen molar-refractivity contribution in [2.45, 2.75) is 116 Å². The molecule has 212 valence electrons. The first-order valence-electron chi connectivity index (χ1n) is 14.2. The van der Waals surface area contributed by atoms with Crippen molar-refractivity contribution >= 4 is 11.9 Å². The van der Waals surface area contributed by atoms with Crippen molar-refractivity contribution in [3.05, 3.63) is 0 Å². The Bertz CT molecular complexity index is 817. The van der Waals surface area contributed by atoms with E-state index in [2.05, 4.69) is 33.0 Å². The largest absolute Gasteiger partial charge is 0.481 e. The number of carboxylic acid groups (broad SMARTS) is 1. The van der Waals surface area contributed by atoms with Crippen LogP contribution in [-0.4, -0.2) is 67.1 Å². The van der Waals surface area contributed by atoms with E-state index in [9.17, 15) is 9.59 Å². The van der Waals surface area contributed by atoms with Crippen LogP contribution in [0.15, 0.2) is 0 Å². The summed E-state index contributed by atoms with van der Waals surface area (Å²) in [5, 5.41) is 12.4. The molecule has 0 aromatic carbocycles. The molecule has 2 heterocycles. The first-order valence-corrected chi connectivity index (χ1v) is 14.2. The molecule has 2 aliphatic carbocycles. The fourth-order valence-electron chi connectivity index (χ4n) is 7.13. The maximum atomic E-state index is 13.2. The maximum absolute atomic E-state index is 13.2. The average Bonchev–Trinajstić information content (AvgIpc) is 3.45. The smallest absolute Gasteiger partial charge is 0.303 e. The summed E-state index contributed by atoms with van der Waals surface area (Å²) in [6.45, 7) is 11.1. The van der Waals surface area contributed by atoms with Crippen molar-refractivity contribution in [3.63, 3.8) is 0 Å². The van der Waals surface area contributed by atoms with Gasteiger partial charge in [-0.25, -0.2) is 0 Å². The van der Waals surface area contributed by atoms with Crippen molar-refractivity contribution < 1.29 is 33.6 Å². The second kappa shape index (κ2) is 11.1. The molecule has 1 amide bonds. The Labute approximate surface area is 221 Å². The van der Waals surface area contributed by atoms with E-state index < -0.39 is 17.5 Å². The molecule has 9 nitrogen and oxygen atoms in total. The second-order valence-corrected chi connectivity index (χ2v) is 13.0. The molecule has 0 unspecified atom stereocenters. The van der Waals surface area contributed by atoms with Gasteiger partial charge in [-0.2, -0.15) is 0 Å². The van der Waals surface area contributed by atoms with E-state index in [4.69, 9.17) is 29.8 Å². The summed E-state index contributed by atoms with van der Waals surface area (Å²) in [5.41, 5.74) is 6.32. The Balaban J connectivity index is 1.34.